The number of Topliss-reactive ketones (excluding diaryl/α,β-unsaturated/α-hetero) is 1. The van der Waals surface area contributed by atoms with Crippen LogP contribution in [-0.4, -0.2) is 15.8 Å². The van der Waals surface area contributed by atoms with Crippen molar-refractivity contribution in [2.75, 3.05) is 0 Å². The van der Waals surface area contributed by atoms with E-state index in [2.05, 4.69) is 56.1 Å². The minimum absolute atomic E-state index is 0.0524. The largest absolute Gasteiger partial charge is 0.299 e. The van der Waals surface area contributed by atoms with Gasteiger partial charge in [-0.1, -0.05) is 45.0 Å². The molecule has 1 saturated carbocycles. The normalized spacial score (nSPS) is 21.8. The van der Waals surface area contributed by atoms with Crippen molar-refractivity contribution in [2.45, 2.75) is 45.4 Å². The fourth-order valence-corrected chi connectivity index (χ4v) is 4.22. The van der Waals surface area contributed by atoms with Crippen molar-refractivity contribution < 1.29 is 4.79 Å². The Hall–Kier alpha value is -2.29. The third kappa shape index (κ3) is 2.72. The van der Waals surface area contributed by atoms with Crippen molar-refractivity contribution in [2.24, 2.45) is 11.8 Å². The van der Waals surface area contributed by atoms with Crippen molar-refractivity contribution in [3.8, 4) is 0 Å². The first kappa shape index (κ1) is 16.2. The number of carbonyl (C=O) groups is 1. The molecule has 2 aromatic heterocycles. The second-order valence-electron chi connectivity index (χ2n) is 8.04. The van der Waals surface area contributed by atoms with Crippen molar-refractivity contribution in [1.29, 1.82) is 0 Å². The predicted molar refractivity (Wildman–Crippen MR) is 102 cm³/mol. The number of hydrogen-bond acceptors (Lipinski definition) is 3. The van der Waals surface area contributed by atoms with Crippen LogP contribution in [0.3, 0.4) is 0 Å². The Morgan fingerprint density at radius 1 is 1.00 bits per heavy atom. The second-order valence-corrected chi connectivity index (χ2v) is 8.04. The van der Waals surface area contributed by atoms with E-state index in [0.29, 0.717) is 18.1 Å². The molecule has 1 aliphatic carbocycles. The Bertz CT molecular complexity index is 961. The fraction of sp³-hybridized carbons (Fsp3) is 0.409. The lowest BCUT2D eigenvalue weighted by Gasteiger charge is -2.37. The van der Waals surface area contributed by atoms with Crippen LogP contribution in [0.4, 0.5) is 0 Å². The summed E-state index contributed by atoms with van der Waals surface area (Å²) in [5.74, 6) is 0.954. The van der Waals surface area contributed by atoms with E-state index < -0.39 is 0 Å². The molecule has 2 heterocycles. The van der Waals surface area contributed by atoms with Crippen LogP contribution in [0.5, 0.6) is 0 Å². The topological polar surface area (TPSA) is 42.9 Å². The smallest absolute Gasteiger partial charge is 0.137 e. The van der Waals surface area contributed by atoms with Crippen LogP contribution in [0, 0.1) is 11.8 Å². The first-order valence-electron chi connectivity index (χ1n) is 9.14. The summed E-state index contributed by atoms with van der Waals surface area (Å²) in [7, 11) is 0. The average Bonchev–Trinajstić information content (AvgIpc) is 2.60. The van der Waals surface area contributed by atoms with Crippen molar-refractivity contribution in [3.63, 3.8) is 0 Å². The standard InChI is InChI=1S/C22H24N2O/c1-14-6-10-17(18(25)13-14)22(2,3)19-11-9-16-8-7-15-5-4-12-23-20(15)21(16)24-19/h4-5,7-9,11-12,14,17H,6,10,13H2,1-3H3/t14-,17?/m1/s1. The maximum atomic E-state index is 12.7. The third-order valence-corrected chi connectivity index (χ3v) is 5.85. The summed E-state index contributed by atoms with van der Waals surface area (Å²) < 4.78 is 0. The molecule has 0 spiro atoms. The quantitative estimate of drug-likeness (QED) is 0.616. The second kappa shape index (κ2) is 5.91. The summed E-state index contributed by atoms with van der Waals surface area (Å²) in [6.45, 7) is 6.50. The van der Waals surface area contributed by atoms with Crippen LogP contribution < -0.4 is 0 Å². The maximum Gasteiger partial charge on any atom is 0.137 e. The minimum atomic E-state index is -0.262. The van der Waals surface area contributed by atoms with Crippen LogP contribution in [0.2, 0.25) is 0 Å². The van der Waals surface area contributed by atoms with E-state index in [4.69, 9.17) is 4.98 Å². The van der Waals surface area contributed by atoms with Gasteiger partial charge in [0.2, 0.25) is 0 Å². The zero-order valence-electron chi connectivity index (χ0n) is 15.1. The SMILES string of the molecule is C[C@@H]1CCC(C(C)(C)c2ccc3ccc4cccnc4c3n2)C(=O)C1. The summed E-state index contributed by atoms with van der Waals surface area (Å²) in [5, 5.41) is 2.19. The van der Waals surface area contributed by atoms with Gasteiger partial charge in [-0.05, 0) is 30.9 Å². The number of aromatic nitrogens is 2. The van der Waals surface area contributed by atoms with E-state index in [1.54, 1.807) is 0 Å². The summed E-state index contributed by atoms with van der Waals surface area (Å²) in [4.78, 5) is 22.2. The number of benzene rings is 1. The molecule has 2 atom stereocenters. The van der Waals surface area contributed by atoms with Gasteiger partial charge in [0.15, 0.2) is 0 Å². The van der Waals surface area contributed by atoms with Gasteiger partial charge in [0.1, 0.15) is 5.78 Å². The van der Waals surface area contributed by atoms with E-state index in [1.165, 1.54) is 0 Å². The molecule has 1 aliphatic rings. The van der Waals surface area contributed by atoms with Crippen molar-refractivity contribution in [1.82, 2.24) is 9.97 Å². The number of pyridine rings is 2. The molecule has 3 nitrogen and oxygen atoms in total. The average molecular weight is 332 g/mol. The van der Waals surface area contributed by atoms with E-state index in [-0.39, 0.29) is 11.3 Å². The molecule has 128 valence electrons. The van der Waals surface area contributed by atoms with E-state index >= 15 is 0 Å². The number of rotatable bonds is 2. The molecule has 3 aromatic rings. The monoisotopic (exact) mass is 332 g/mol. The van der Waals surface area contributed by atoms with Gasteiger partial charge in [0, 0.05) is 40.4 Å². The molecule has 0 N–H and O–H groups in total. The van der Waals surface area contributed by atoms with Gasteiger partial charge in [-0.25, -0.2) is 4.98 Å². The molecule has 1 fully saturated rings. The summed E-state index contributed by atoms with van der Waals surface area (Å²) in [5.41, 5.74) is 2.59. The molecule has 1 unspecified atom stereocenters. The maximum absolute atomic E-state index is 12.7. The van der Waals surface area contributed by atoms with Gasteiger partial charge in [0.05, 0.1) is 11.0 Å². The Morgan fingerprint density at radius 2 is 1.72 bits per heavy atom. The number of ketones is 1. The van der Waals surface area contributed by atoms with Gasteiger partial charge in [-0.3, -0.25) is 9.78 Å². The number of hydrogen-bond donors (Lipinski definition) is 0. The Labute approximate surface area is 148 Å². The van der Waals surface area contributed by atoms with Gasteiger partial charge in [-0.2, -0.15) is 0 Å². The molecule has 0 radical (unpaired) electrons. The van der Waals surface area contributed by atoms with Crippen LogP contribution in [0.15, 0.2) is 42.6 Å². The van der Waals surface area contributed by atoms with Gasteiger partial charge >= 0.3 is 0 Å². The summed E-state index contributed by atoms with van der Waals surface area (Å²) in [6, 6.07) is 12.4. The lowest BCUT2D eigenvalue weighted by Crippen LogP contribution is -2.39. The van der Waals surface area contributed by atoms with Crippen LogP contribution in [-0.2, 0) is 10.2 Å². The zero-order valence-corrected chi connectivity index (χ0v) is 15.1. The van der Waals surface area contributed by atoms with Crippen LogP contribution in [0.1, 0.15) is 45.7 Å². The van der Waals surface area contributed by atoms with Crippen molar-refractivity contribution >= 4 is 27.6 Å². The Balaban J connectivity index is 1.83. The third-order valence-electron chi connectivity index (χ3n) is 5.85. The lowest BCUT2D eigenvalue weighted by atomic mass is 9.66. The van der Waals surface area contributed by atoms with E-state index in [0.717, 1.165) is 40.3 Å². The molecular formula is C22H24N2O. The highest BCUT2D eigenvalue weighted by Crippen LogP contribution is 2.40. The van der Waals surface area contributed by atoms with Gasteiger partial charge in [0.25, 0.3) is 0 Å². The molecule has 0 bridgehead atoms. The molecule has 0 saturated heterocycles. The molecule has 0 amide bonds. The summed E-state index contributed by atoms with van der Waals surface area (Å²) >= 11 is 0. The number of nitrogens with zero attached hydrogens (tertiary/aromatic N) is 2. The highest BCUT2D eigenvalue weighted by atomic mass is 16.1. The molecular weight excluding hydrogens is 308 g/mol. The molecule has 0 aliphatic heterocycles. The lowest BCUT2D eigenvalue weighted by molar-refractivity contribution is -0.128. The molecule has 4 rings (SSSR count). The van der Waals surface area contributed by atoms with Crippen LogP contribution in [0.25, 0.3) is 21.8 Å². The Kier molecular flexibility index (Phi) is 3.82. The number of fused-ring (bicyclic) bond motifs is 3. The first-order chi connectivity index (χ1) is 12.0. The zero-order chi connectivity index (χ0) is 17.6. The highest BCUT2D eigenvalue weighted by molar-refractivity contribution is 6.02. The number of carbonyl (C=O) groups excluding carboxylic acids is 1. The van der Waals surface area contributed by atoms with Crippen molar-refractivity contribution in [3.05, 3.63) is 48.3 Å². The molecule has 1 aromatic carbocycles. The first-order valence-corrected chi connectivity index (χ1v) is 9.14. The van der Waals surface area contributed by atoms with E-state index in [1.807, 2.05) is 12.3 Å². The van der Waals surface area contributed by atoms with Gasteiger partial charge in [-0.15, -0.1) is 0 Å². The molecule has 25 heavy (non-hydrogen) atoms. The Morgan fingerprint density at radius 3 is 2.48 bits per heavy atom. The van der Waals surface area contributed by atoms with Crippen LogP contribution >= 0.6 is 0 Å². The minimum Gasteiger partial charge on any atom is -0.299 e. The highest BCUT2D eigenvalue weighted by Gasteiger charge is 2.40. The fourth-order valence-electron chi connectivity index (χ4n) is 4.22. The van der Waals surface area contributed by atoms with Gasteiger partial charge < -0.3 is 0 Å². The van der Waals surface area contributed by atoms with E-state index in [9.17, 15) is 4.79 Å². The summed E-state index contributed by atoms with van der Waals surface area (Å²) in [6.07, 6.45) is 4.60. The molecule has 3 heteroatoms. The predicted octanol–water partition coefficient (Wildman–Crippen LogP) is 5.07.